The van der Waals surface area contributed by atoms with Crippen LogP contribution in [0.1, 0.15) is 86.1 Å². The van der Waals surface area contributed by atoms with Crippen molar-refractivity contribution in [3.05, 3.63) is 72.0 Å². The highest BCUT2D eigenvalue weighted by atomic mass is 16.5. The van der Waals surface area contributed by atoms with Gasteiger partial charge in [0.2, 0.25) is 35.4 Å². The summed E-state index contributed by atoms with van der Waals surface area (Å²) in [6, 6.07) is 1.70. The standard InChI is InChI=1S/C49H74N10O11/c1-27(2)23-38-47(67)58-41(48(68)69)31(6)43(63)56-37(17-14-22-52-49(50)51)46(66)55-36(20-18-28(3)24-29(4)39(70-10)25-34-15-12-11-13-16-34)30(5)42(62)54-35(26-60)19-21-40(61)59(9)33(8)45(65)53-32(7)44(64)57-38/h11-13,15-16,18,20,24,26-27,29-32,35-39,41H,8,14,17,19,21-23,25H2,1-7,9-10H3,(H,53,65)(H,54,62)(H,55,66)(H,56,63)(H,57,64)(H,58,67)(H,68,69)(H4,50,51,52)/b20-18+,28-24+/t29-,30-,31-,32+,35+,36-,37-,38-,39-,41+/m0/s1. The molecule has 1 fully saturated rings. The van der Waals surface area contributed by atoms with E-state index in [-0.39, 0.29) is 68.2 Å². The zero-order valence-electron chi connectivity index (χ0n) is 41.8. The highest BCUT2D eigenvalue weighted by Crippen LogP contribution is 2.19. The molecule has 0 spiro atoms. The number of carboxylic acid groups (broad SMARTS) is 1. The Morgan fingerprint density at radius 1 is 0.886 bits per heavy atom. The molecule has 21 nitrogen and oxygen atoms in total. The van der Waals surface area contributed by atoms with Crippen molar-refractivity contribution < 1.29 is 53.0 Å². The Morgan fingerprint density at radius 3 is 2.09 bits per heavy atom. The maximum absolute atomic E-state index is 14.4. The summed E-state index contributed by atoms with van der Waals surface area (Å²) in [5.74, 6) is -10.4. The summed E-state index contributed by atoms with van der Waals surface area (Å²) in [6.07, 6.45) is 5.75. The quantitative estimate of drug-likeness (QED) is 0.0293. The predicted molar refractivity (Wildman–Crippen MR) is 263 cm³/mol. The van der Waals surface area contributed by atoms with Crippen LogP contribution in [0.5, 0.6) is 0 Å². The minimum Gasteiger partial charge on any atom is -0.480 e. The van der Waals surface area contributed by atoms with Crippen molar-refractivity contribution in [1.82, 2.24) is 36.8 Å². The van der Waals surface area contributed by atoms with E-state index in [1.165, 1.54) is 27.8 Å². The first-order valence-corrected chi connectivity index (χ1v) is 23.3. The third kappa shape index (κ3) is 19.6. The number of likely N-dealkylation sites (N-methyl/N-ethyl adjacent to an activating group) is 1. The number of allylic oxidation sites excluding steroid dienone is 2. The lowest BCUT2D eigenvalue weighted by atomic mass is 9.94. The van der Waals surface area contributed by atoms with Crippen molar-refractivity contribution in [2.24, 2.45) is 40.1 Å². The van der Waals surface area contributed by atoms with Gasteiger partial charge < -0.3 is 62.9 Å². The number of methoxy groups -OCH3 is 1. The molecule has 0 bridgehead atoms. The second-order valence-corrected chi connectivity index (χ2v) is 18.1. The molecular weight excluding hydrogens is 905 g/mol. The number of rotatable bonds is 15. The van der Waals surface area contributed by atoms with Crippen LogP contribution in [-0.4, -0.2) is 133 Å². The number of amides is 7. The molecule has 1 aliphatic rings. The molecule has 0 aliphatic carbocycles. The molecule has 0 radical (unpaired) electrons. The minimum atomic E-state index is -1.86. The fourth-order valence-electron chi connectivity index (χ4n) is 7.40. The molecule has 10 atom stereocenters. The first kappa shape index (κ1) is 59.2. The number of aliphatic imine (C=N–C) groups is 1. The molecule has 386 valence electrons. The highest BCUT2D eigenvalue weighted by molar-refractivity contribution is 6.00. The van der Waals surface area contributed by atoms with Gasteiger partial charge in [0.15, 0.2) is 5.96 Å². The molecule has 21 heteroatoms. The van der Waals surface area contributed by atoms with Crippen molar-refractivity contribution >= 4 is 59.6 Å². The van der Waals surface area contributed by atoms with E-state index < -0.39 is 95.4 Å². The number of carboxylic acids is 1. The Labute approximate surface area is 410 Å². The zero-order valence-corrected chi connectivity index (χ0v) is 41.8. The van der Waals surface area contributed by atoms with Crippen molar-refractivity contribution in [3.63, 3.8) is 0 Å². The fourth-order valence-corrected chi connectivity index (χ4v) is 7.40. The number of hydrogen-bond acceptors (Lipinski definition) is 11. The summed E-state index contributed by atoms with van der Waals surface area (Å²) >= 11 is 0. The normalized spacial score (nSPS) is 25.5. The molecule has 2 rings (SSSR count). The average molecular weight is 979 g/mol. The first-order valence-electron chi connectivity index (χ1n) is 23.3. The van der Waals surface area contributed by atoms with Gasteiger partial charge in [0.25, 0.3) is 5.91 Å². The van der Waals surface area contributed by atoms with E-state index in [2.05, 4.69) is 43.5 Å². The molecule has 1 aromatic rings. The van der Waals surface area contributed by atoms with Gasteiger partial charge in [-0.1, -0.05) is 95.3 Å². The van der Waals surface area contributed by atoms with Gasteiger partial charge in [0.05, 0.1) is 30.0 Å². The molecule has 1 aromatic carbocycles. The van der Waals surface area contributed by atoms with E-state index in [0.717, 1.165) is 16.0 Å². The third-order valence-corrected chi connectivity index (χ3v) is 11.9. The summed E-state index contributed by atoms with van der Waals surface area (Å²) in [5, 5.41) is 25.7. The smallest absolute Gasteiger partial charge is 0.327 e. The van der Waals surface area contributed by atoms with Gasteiger partial charge in [-0.2, -0.15) is 0 Å². The molecule has 0 unspecified atom stereocenters. The molecule has 0 aromatic heterocycles. The van der Waals surface area contributed by atoms with E-state index in [4.69, 9.17) is 16.2 Å². The van der Waals surface area contributed by atoms with Crippen molar-refractivity contribution in [1.29, 1.82) is 0 Å². The number of aldehydes is 1. The molecule has 7 amide bonds. The van der Waals surface area contributed by atoms with Crippen LogP contribution in [0.2, 0.25) is 0 Å². The molecule has 1 heterocycles. The van der Waals surface area contributed by atoms with Crippen LogP contribution in [0, 0.1) is 23.7 Å². The number of hydrogen-bond donors (Lipinski definition) is 9. The SMILES string of the molecule is C=C1C(=O)N[C@H](C)C(=O)N[C@@H](CC(C)C)C(=O)N[C@@H](C(=O)O)[C@H](C)C(=O)N[C@@H](CCCN=C(N)N)C(=O)N[C@@H](/C=C/C(C)=C/[C@H](C)[C@H](Cc2ccccc2)OC)[C@H](C)C(=O)N[C@@H](C=O)CCC(=O)N1C. The third-order valence-electron chi connectivity index (χ3n) is 11.9. The van der Waals surface area contributed by atoms with Crippen molar-refractivity contribution in [2.75, 3.05) is 20.7 Å². The Kier molecular flexibility index (Phi) is 24.7. The molecule has 11 N–H and O–H groups in total. The van der Waals surface area contributed by atoms with Crippen LogP contribution in [0.15, 0.2) is 71.4 Å². The number of guanidine groups is 1. The number of carbonyl (C=O) groups is 9. The van der Waals surface area contributed by atoms with Crippen LogP contribution in [-0.2, 0) is 54.3 Å². The van der Waals surface area contributed by atoms with Gasteiger partial charge in [-0.3, -0.25) is 38.6 Å². The number of ether oxygens (including phenoxy) is 1. The summed E-state index contributed by atoms with van der Waals surface area (Å²) in [5.41, 5.74) is 12.5. The van der Waals surface area contributed by atoms with E-state index in [0.29, 0.717) is 12.7 Å². The summed E-state index contributed by atoms with van der Waals surface area (Å²) in [4.78, 5) is 126. The molecule has 1 aliphatic heterocycles. The Bertz CT molecular complexity index is 2110. The zero-order chi connectivity index (χ0) is 52.8. The van der Waals surface area contributed by atoms with E-state index in [1.54, 1.807) is 33.1 Å². The topological polar surface area (TPSA) is 323 Å². The van der Waals surface area contributed by atoms with Crippen LogP contribution < -0.4 is 43.4 Å². The fraction of sp³-hybridized carbons (Fsp3) is 0.551. The Balaban J connectivity index is 2.70. The number of nitrogens with zero attached hydrogens (tertiary/aromatic N) is 2. The minimum absolute atomic E-state index is 0.0244. The number of carbonyl (C=O) groups excluding carboxylic acids is 8. The second kappa shape index (κ2) is 29.2. The van der Waals surface area contributed by atoms with Crippen LogP contribution >= 0.6 is 0 Å². The predicted octanol–water partition coefficient (Wildman–Crippen LogP) is 0.733. The number of aliphatic carboxylic acids is 1. The Hall–Kier alpha value is -6.90. The van der Waals surface area contributed by atoms with Gasteiger partial charge in [-0.25, -0.2) is 4.79 Å². The summed E-state index contributed by atoms with van der Waals surface area (Å²) in [6.45, 7) is 15.1. The molecule has 0 saturated carbocycles. The van der Waals surface area contributed by atoms with Crippen molar-refractivity contribution in [2.45, 2.75) is 129 Å². The van der Waals surface area contributed by atoms with Crippen molar-refractivity contribution in [3.8, 4) is 0 Å². The summed E-state index contributed by atoms with van der Waals surface area (Å²) < 4.78 is 5.82. The van der Waals surface area contributed by atoms with E-state index in [9.17, 15) is 48.3 Å². The van der Waals surface area contributed by atoms with Gasteiger partial charge in [0, 0.05) is 33.0 Å². The van der Waals surface area contributed by atoms with Crippen LogP contribution in [0.4, 0.5) is 0 Å². The monoisotopic (exact) mass is 979 g/mol. The van der Waals surface area contributed by atoms with E-state index >= 15 is 0 Å². The molecular formula is C49H74N10O11. The second-order valence-electron chi connectivity index (χ2n) is 18.1. The lowest BCUT2D eigenvalue weighted by Crippen LogP contribution is -2.59. The van der Waals surface area contributed by atoms with Crippen LogP contribution in [0.3, 0.4) is 0 Å². The molecule has 1 saturated heterocycles. The van der Waals surface area contributed by atoms with Gasteiger partial charge in [-0.05, 0) is 57.4 Å². The van der Waals surface area contributed by atoms with Crippen LogP contribution in [0.25, 0.3) is 0 Å². The number of nitrogens with one attached hydrogen (secondary N) is 6. The van der Waals surface area contributed by atoms with Gasteiger partial charge in [-0.15, -0.1) is 0 Å². The lowest BCUT2D eigenvalue weighted by molar-refractivity contribution is -0.146. The maximum Gasteiger partial charge on any atom is 0.327 e. The lowest BCUT2D eigenvalue weighted by Gasteiger charge is -2.28. The number of nitrogens with two attached hydrogens (primary N) is 2. The highest BCUT2D eigenvalue weighted by Gasteiger charge is 2.37. The number of benzene rings is 1. The Morgan fingerprint density at radius 2 is 1.50 bits per heavy atom. The van der Waals surface area contributed by atoms with Gasteiger partial charge in [0.1, 0.15) is 36.2 Å². The largest absolute Gasteiger partial charge is 0.480 e. The first-order chi connectivity index (χ1) is 32.9. The van der Waals surface area contributed by atoms with E-state index in [1.807, 2.05) is 50.3 Å². The molecule has 70 heavy (non-hydrogen) atoms. The average Bonchev–Trinajstić information content (AvgIpc) is 3.31. The maximum atomic E-state index is 14.4. The van der Waals surface area contributed by atoms with Gasteiger partial charge >= 0.3 is 5.97 Å². The summed E-state index contributed by atoms with van der Waals surface area (Å²) in [7, 11) is 2.89.